The van der Waals surface area contributed by atoms with Gasteiger partial charge in [-0.15, -0.1) is 0 Å². The summed E-state index contributed by atoms with van der Waals surface area (Å²) in [6.45, 7) is -0.771. The Morgan fingerprint density at radius 1 is 1.12 bits per heavy atom. The van der Waals surface area contributed by atoms with E-state index in [9.17, 15) is 18.4 Å². The molecule has 0 unspecified atom stereocenters. The highest BCUT2D eigenvalue weighted by atomic mass is 19.3. The van der Waals surface area contributed by atoms with Gasteiger partial charge in [-0.05, 0) is 37.8 Å². The fourth-order valence-electron chi connectivity index (χ4n) is 3.63. The van der Waals surface area contributed by atoms with Crippen molar-refractivity contribution in [2.24, 2.45) is 0 Å². The first kappa shape index (κ1) is 23.1. The van der Waals surface area contributed by atoms with E-state index in [2.05, 4.69) is 25.6 Å². The van der Waals surface area contributed by atoms with Gasteiger partial charge < -0.3 is 20.5 Å². The summed E-state index contributed by atoms with van der Waals surface area (Å²) in [4.78, 5) is 37.4. The predicted octanol–water partition coefficient (Wildman–Crippen LogP) is 2.91. The molecule has 12 heteroatoms. The molecule has 1 saturated carbocycles. The zero-order chi connectivity index (χ0) is 23.1. The van der Waals surface area contributed by atoms with Gasteiger partial charge in [0.15, 0.2) is 0 Å². The summed E-state index contributed by atoms with van der Waals surface area (Å²) in [5.41, 5.74) is 1.40. The van der Waals surface area contributed by atoms with Crippen LogP contribution in [0.15, 0.2) is 30.7 Å². The van der Waals surface area contributed by atoms with Gasteiger partial charge in [0.05, 0.1) is 13.7 Å². The van der Waals surface area contributed by atoms with Gasteiger partial charge in [0.25, 0.3) is 6.43 Å². The minimum Gasteiger partial charge on any atom is -0.467 e. The fourth-order valence-corrected chi connectivity index (χ4v) is 3.63. The Kier molecular flexibility index (Phi) is 7.68. The van der Waals surface area contributed by atoms with E-state index in [1.54, 1.807) is 30.7 Å². The molecule has 172 valence electrons. The topological polar surface area (TPSA) is 130 Å². The Balaban J connectivity index is 1.78. The molecule has 3 amide bonds. The number of ether oxygens (including phenoxy) is 1. The Bertz CT molecular complexity index is 905. The molecule has 1 aliphatic rings. The van der Waals surface area contributed by atoms with Gasteiger partial charge in [0, 0.05) is 41.8 Å². The smallest absolute Gasteiger partial charge is 0.404 e. The molecule has 2 heterocycles. The molecule has 0 atom stereocenters. The number of pyridine rings is 1. The number of carbonyl (C=O) groups is 2. The minimum atomic E-state index is -2.68. The molecule has 3 rings (SSSR count). The monoisotopic (exact) mass is 450 g/mol. The van der Waals surface area contributed by atoms with E-state index in [-0.39, 0.29) is 18.1 Å². The number of nitrogens with zero attached hydrogens (tertiary/aromatic N) is 4. The van der Waals surface area contributed by atoms with Gasteiger partial charge in [-0.3, -0.25) is 4.90 Å². The minimum absolute atomic E-state index is 0.208. The largest absolute Gasteiger partial charge is 0.467 e. The molecule has 0 saturated heterocycles. The van der Waals surface area contributed by atoms with Crippen molar-refractivity contribution in [2.75, 3.05) is 18.6 Å². The number of aromatic nitrogens is 3. The van der Waals surface area contributed by atoms with Crippen LogP contribution in [0, 0.1) is 0 Å². The summed E-state index contributed by atoms with van der Waals surface area (Å²) >= 11 is 0. The highest BCUT2D eigenvalue weighted by Gasteiger charge is 2.31. The van der Waals surface area contributed by atoms with E-state index < -0.39 is 25.1 Å². The second-order valence-electron chi connectivity index (χ2n) is 7.27. The molecule has 0 bridgehead atoms. The van der Waals surface area contributed by atoms with Gasteiger partial charge >= 0.3 is 18.1 Å². The summed E-state index contributed by atoms with van der Waals surface area (Å²) in [7, 11) is 1.46. The number of hydrogen-bond donors (Lipinski definition) is 3. The average Bonchev–Trinajstić information content (AvgIpc) is 2.79. The Labute approximate surface area is 183 Å². The molecular weight excluding hydrogens is 426 g/mol. The number of urea groups is 1. The van der Waals surface area contributed by atoms with E-state index in [1.165, 1.54) is 12.0 Å². The average molecular weight is 450 g/mol. The lowest BCUT2D eigenvalue weighted by molar-refractivity contribution is 0.146. The van der Waals surface area contributed by atoms with Crippen molar-refractivity contribution in [2.45, 2.75) is 44.2 Å². The second-order valence-corrected chi connectivity index (χ2v) is 7.27. The van der Waals surface area contributed by atoms with Crippen molar-refractivity contribution < 1.29 is 28.2 Å². The Hall–Kier alpha value is -3.57. The number of rotatable bonds is 7. The van der Waals surface area contributed by atoms with Crippen molar-refractivity contribution in [3.05, 3.63) is 30.7 Å². The molecule has 0 aromatic carbocycles. The summed E-state index contributed by atoms with van der Waals surface area (Å²) < 4.78 is 30.2. The zero-order valence-electron chi connectivity index (χ0n) is 17.4. The van der Waals surface area contributed by atoms with Crippen molar-refractivity contribution in [3.8, 4) is 17.1 Å². The van der Waals surface area contributed by atoms with Gasteiger partial charge in [-0.25, -0.2) is 33.3 Å². The number of carboxylic acid groups (broad SMARTS) is 1. The maximum atomic E-state index is 12.7. The van der Waals surface area contributed by atoms with Gasteiger partial charge in [-0.1, -0.05) is 0 Å². The van der Waals surface area contributed by atoms with Gasteiger partial charge in [0.2, 0.25) is 0 Å². The van der Waals surface area contributed by atoms with Crippen LogP contribution in [0.5, 0.6) is 6.01 Å². The maximum absolute atomic E-state index is 12.7. The first-order chi connectivity index (χ1) is 15.4. The summed E-state index contributed by atoms with van der Waals surface area (Å²) in [6.07, 6.45) is 2.98. The molecule has 0 aliphatic heterocycles. The lowest BCUT2D eigenvalue weighted by Crippen LogP contribution is -2.50. The molecule has 1 aliphatic carbocycles. The van der Waals surface area contributed by atoms with Crippen LogP contribution < -0.4 is 20.3 Å². The first-order valence-corrected chi connectivity index (χ1v) is 10.0. The van der Waals surface area contributed by atoms with Crippen LogP contribution in [0.1, 0.15) is 25.7 Å². The zero-order valence-corrected chi connectivity index (χ0v) is 17.4. The molecule has 0 radical (unpaired) electrons. The number of alkyl halides is 2. The van der Waals surface area contributed by atoms with E-state index in [0.29, 0.717) is 42.6 Å². The fraction of sp³-hybridized carbons (Fsp3) is 0.450. The second kappa shape index (κ2) is 10.6. The number of carbonyl (C=O) groups excluding carboxylic acids is 1. The highest BCUT2D eigenvalue weighted by molar-refractivity contribution is 5.91. The molecule has 2 aromatic heterocycles. The molecule has 2 aromatic rings. The number of hydrogen-bond acceptors (Lipinski definition) is 6. The molecule has 1 fully saturated rings. The predicted molar refractivity (Wildman–Crippen MR) is 111 cm³/mol. The van der Waals surface area contributed by atoms with Crippen molar-refractivity contribution in [1.29, 1.82) is 0 Å². The lowest BCUT2D eigenvalue weighted by atomic mass is 9.90. The van der Waals surface area contributed by atoms with Crippen molar-refractivity contribution in [1.82, 2.24) is 25.6 Å². The maximum Gasteiger partial charge on any atom is 0.404 e. The van der Waals surface area contributed by atoms with Crippen LogP contribution in [0.4, 0.5) is 24.2 Å². The van der Waals surface area contributed by atoms with E-state index >= 15 is 0 Å². The van der Waals surface area contributed by atoms with Gasteiger partial charge in [-0.2, -0.15) is 0 Å². The van der Waals surface area contributed by atoms with E-state index in [0.717, 1.165) is 0 Å². The van der Waals surface area contributed by atoms with Gasteiger partial charge in [0.1, 0.15) is 5.82 Å². The normalized spacial score (nSPS) is 18.1. The van der Waals surface area contributed by atoms with Crippen molar-refractivity contribution >= 4 is 17.9 Å². The third kappa shape index (κ3) is 5.99. The molecule has 32 heavy (non-hydrogen) atoms. The summed E-state index contributed by atoms with van der Waals surface area (Å²) in [5, 5.41) is 13.6. The van der Waals surface area contributed by atoms with Crippen LogP contribution >= 0.6 is 0 Å². The standard InChI is InChI=1S/C20H24F2N6O4/c1-32-18-24-9-13(10-25-18)12-2-7-17(23-8-12)28(19(29)26-11-16(21)22)15-5-3-14(4-6-15)27-20(30)31/h2,7-10,14-16,27H,3-6,11H2,1H3,(H,26,29)(H,30,31)/t14-,15-. The van der Waals surface area contributed by atoms with Crippen LogP contribution in [0.2, 0.25) is 0 Å². The molecule has 3 N–H and O–H groups in total. The highest BCUT2D eigenvalue weighted by Crippen LogP contribution is 2.28. The summed E-state index contributed by atoms with van der Waals surface area (Å²) in [6, 6.07) is 2.41. The number of amides is 3. The van der Waals surface area contributed by atoms with Crippen LogP contribution in [0.25, 0.3) is 11.1 Å². The third-order valence-corrected chi connectivity index (χ3v) is 5.15. The summed E-state index contributed by atoms with van der Waals surface area (Å²) in [5.74, 6) is 0.310. The van der Waals surface area contributed by atoms with Crippen LogP contribution in [0.3, 0.4) is 0 Å². The van der Waals surface area contributed by atoms with E-state index in [4.69, 9.17) is 9.84 Å². The SMILES string of the molecule is COc1ncc(-c2ccc(N(C(=O)NCC(F)F)[C@H]3CC[C@H](NC(=O)O)CC3)nc2)cn1. The number of nitrogens with one attached hydrogen (secondary N) is 2. The quantitative estimate of drug-likeness (QED) is 0.591. The Morgan fingerprint density at radius 3 is 2.31 bits per heavy atom. The molecule has 0 spiro atoms. The molecule has 10 nitrogen and oxygen atoms in total. The number of anilines is 1. The Morgan fingerprint density at radius 2 is 1.78 bits per heavy atom. The van der Waals surface area contributed by atoms with Crippen LogP contribution in [-0.4, -0.2) is 64.3 Å². The third-order valence-electron chi connectivity index (χ3n) is 5.15. The molecular formula is C20H24F2N6O4. The number of halogens is 2. The van der Waals surface area contributed by atoms with Crippen molar-refractivity contribution in [3.63, 3.8) is 0 Å². The number of methoxy groups -OCH3 is 1. The lowest BCUT2D eigenvalue weighted by Gasteiger charge is -2.36. The van der Waals surface area contributed by atoms with E-state index in [1.807, 2.05) is 0 Å². The van der Waals surface area contributed by atoms with Crippen LogP contribution in [-0.2, 0) is 0 Å². The first-order valence-electron chi connectivity index (χ1n) is 10.0.